The summed E-state index contributed by atoms with van der Waals surface area (Å²) in [6, 6.07) is 20.3. The fourth-order valence-electron chi connectivity index (χ4n) is 3.51. The lowest BCUT2D eigenvalue weighted by atomic mass is 9.98. The van der Waals surface area contributed by atoms with E-state index in [-0.39, 0.29) is 6.61 Å². The maximum atomic E-state index is 14.1. The highest BCUT2D eigenvalue weighted by molar-refractivity contribution is 6.13. The SMILES string of the molecule is CC(=O)OC[C@@H](OC(C)=O)[C@H](Cc1ccccc1)N=C(c1cccc(F)c1)c1cccc(F)c1. The molecule has 0 unspecified atom stereocenters. The molecule has 2 atom stereocenters. The van der Waals surface area contributed by atoms with Crippen molar-refractivity contribution in [2.45, 2.75) is 32.4 Å². The molecule has 7 heteroatoms. The van der Waals surface area contributed by atoms with Crippen molar-refractivity contribution in [2.75, 3.05) is 6.61 Å². The van der Waals surface area contributed by atoms with Crippen LogP contribution in [0.4, 0.5) is 8.78 Å². The number of halogens is 2. The van der Waals surface area contributed by atoms with Gasteiger partial charge in [-0.15, -0.1) is 0 Å². The Morgan fingerprint density at radius 1 is 0.824 bits per heavy atom. The third kappa shape index (κ3) is 7.33. The summed E-state index contributed by atoms with van der Waals surface area (Å²) in [5, 5.41) is 0. The minimum absolute atomic E-state index is 0.213. The first-order chi connectivity index (χ1) is 16.3. The molecular weight excluding hydrogens is 440 g/mol. The van der Waals surface area contributed by atoms with Crippen LogP contribution in [-0.4, -0.2) is 36.4 Å². The fraction of sp³-hybridized carbons (Fsp3) is 0.222. The van der Waals surface area contributed by atoms with Gasteiger partial charge in [-0.1, -0.05) is 54.6 Å². The molecule has 0 bridgehead atoms. The van der Waals surface area contributed by atoms with Gasteiger partial charge in [-0.3, -0.25) is 14.6 Å². The molecule has 0 spiro atoms. The highest BCUT2D eigenvalue weighted by atomic mass is 19.1. The van der Waals surface area contributed by atoms with Gasteiger partial charge in [0.05, 0.1) is 11.8 Å². The second kappa shape index (κ2) is 11.8. The largest absolute Gasteiger partial charge is 0.462 e. The van der Waals surface area contributed by atoms with E-state index in [2.05, 4.69) is 0 Å². The number of carbonyl (C=O) groups excluding carboxylic acids is 2. The molecule has 0 amide bonds. The van der Waals surface area contributed by atoms with Gasteiger partial charge in [-0.25, -0.2) is 8.78 Å². The summed E-state index contributed by atoms with van der Waals surface area (Å²) in [7, 11) is 0. The summed E-state index contributed by atoms with van der Waals surface area (Å²) in [6.07, 6.45) is -0.590. The van der Waals surface area contributed by atoms with Crippen LogP contribution >= 0.6 is 0 Å². The van der Waals surface area contributed by atoms with Gasteiger partial charge in [0.1, 0.15) is 18.2 Å². The lowest BCUT2D eigenvalue weighted by Gasteiger charge is -2.25. The summed E-state index contributed by atoms with van der Waals surface area (Å²) in [6.45, 7) is 2.30. The molecule has 0 N–H and O–H groups in total. The molecule has 3 rings (SSSR count). The van der Waals surface area contributed by atoms with Crippen LogP contribution in [0.5, 0.6) is 0 Å². The molecule has 176 valence electrons. The molecule has 3 aromatic rings. The zero-order valence-electron chi connectivity index (χ0n) is 18.9. The molecule has 0 aromatic heterocycles. The minimum atomic E-state index is -0.918. The van der Waals surface area contributed by atoms with Crippen LogP contribution in [0.15, 0.2) is 83.9 Å². The Balaban J connectivity index is 2.14. The Morgan fingerprint density at radius 3 is 1.91 bits per heavy atom. The van der Waals surface area contributed by atoms with E-state index in [9.17, 15) is 18.4 Å². The number of carbonyl (C=O) groups is 2. The molecule has 0 radical (unpaired) electrons. The maximum absolute atomic E-state index is 14.1. The van der Waals surface area contributed by atoms with E-state index in [1.165, 1.54) is 50.2 Å². The Labute approximate surface area is 197 Å². The van der Waals surface area contributed by atoms with Gasteiger partial charge in [0.15, 0.2) is 6.10 Å². The number of benzene rings is 3. The first-order valence-electron chi connectivity index (χ1n) is 10.8. The van der Waals surface area contributed by atoms with Crippen LogP contribution in [0.2, 0.25) is 0 Å². The highest BCUT2D eigenvalue weighted by Crippen LogP contribution is 2.20. The second-order valence-electron chi connectivity index (χ2n) is 7.71. The Bertz CT molecular complexity index is 1120. The van der Waals surface area contributed by atoms with E-state index >= 15 is 0 Å². The van der Waals surface area contributed by atoms with Gasteiger partial charge in [0.2, 0.25) is 0 Å². The van der Waals surface area contributed by atoms with Crippen molar-refractivity contribution >= 4 is 17.7 Å². The number of esters is 2. The molecule has 0 aliphatic rings. The zero-order valence-corrected chi connectivity index (χ0v) is 18.9. The summed E-state index contributed by atoms with van der Waals surface area (Å²) >= 11 is 0. The van der Waals surface area contributed by atoms with E-state index in [4.69, 9.17) is 14.5 Å². The predicted octanol–water partition coefficient (Wildman–Crippen LogP) is 4.91. The first kappa shape index (κ1) is 24.8. The molecule has 0 aliphatic carbocycles. The third-order valence-electron chi connectivity index (χ3n) is 4.98. The number of nitrogens with zero attached hydrogens (tertiary/aromatic N) is 1. The molecule has 0 aliphatic heterocycles. The molecular formula is C27H25F2NO4. The van der Waals surface area contributed by atoms with Crippen LogP contribution in [0.25, 0.3) is 0 Å². The molecule has 5 nitrogen and oxygen atoms in total. The average Bonchev–Trinajstić information content (AvgIpc) is 2.79. The standard InChI is InChI=1S/C27H25F2NO4/c1-18(31)33-17-26(34-19(2)32)25(14-20-8-4-3-5-9-20)30-27(21-10-6-12-23(28)15-21)22-11-7-13-24(29)16-22/h3-13,15-16,25-26H,14,17H2,1-2H3/t25-,26+/m0/s1. The van der Waals surface area contributed by atoms with Crippen LogP contribution in [0.3, 0.4) is 0 Å². The van der Waals surface area contributed by atoms with E-state index in [0.717, 1.165) is 5.56 Å². The fourth-order valence-corrected chi connectivity index (χ4v) is 3.51. The Kier molecular flexibility index (Phi) is 8.62. The minimum Gasteiger partial charge on any atom is -0.462 e. The van der Waals surface area contributed by atoms with Crippen LogP contribution in [0, 0.1) is 11.6 Å². The van der Waals surface area contributed by atoms with Gasteiger partial charge in [-0.2, -0.15) is 0 Å². The molecule has 3 aromatic carbocycles. The van der Waals surface area contributed by atoms with Crippen molar-refractivity contribution in [3.8, 4) is 0 Å². The van der Waals surface area contributed by atoms with Gasteiger partial charge in [0.25, 0.3) is 0 Å². The second-order valence-corrected chi connectivity index (χ2v) is 7.71. The molecule has 34 heavy (non-hydrogen) atoms. The van der Waals surface area contributed by atoms with Crippen molar-refractivity contribution in [3.05, 3.63) is 107 Å². The molecule has 0 saturated carbocycles. The van der Waals surface area contributed by atoms with Crippen LogP contribution in [-0.2, 0) is 25.5 Å². The Hall–Kier alpha value is -3.87. The summed E-state index contributed by atoms with van der Waals surface area (Å²) in [5.74, 6) is -2.05. The first-order valence-corrected chi connectivity index (χ1v) is 10.8. The van der Waals surface area contributed by atoms with Gasteiger partial charge in [0, 0.05) is 25.0 Å². The Morgan fingerprint density at radius 2 is 1.41 bits per heavy atom. The van der Waals surface area contributed by atoms with Crippen LogP contribution < -0.4 is 0 Å². The van der Waals surface area contributed by atoms with Gasteiger partial charge < -0.3 is 9.47 Å². The number of hydrogen-bond donors (Lipinski definition) is 0. The van der Waals surface area contributed by atoms with Crippen molar-refractivity contribution in [1.29, 1.82) is 0 Å². The smallest absolute Gasteiger partial charge is 0.303 e. The van der Waals surface area contributed by atoms with E-state index < -0.39 is 35.7 Å². The summed E-state index contributed by atoms with van der Waals surface area (Å²) < 4.78 is 38.8. The average molecular weight is 465 g/mol. The summed E-state index contributed by atoms with van der Waals surface area (Å²) in [4.78, 5) is 28.2. The van der Waals surface area contributed by atoms with E-state index in [0.29, 0.717) is 23.3 Å². The topological polar surface area (TPSA) is 65.0 Å². The van der Waals surface area contributed by atoms with Crippen LogP contribution in [0.1, 0.15) is 30.5 Å². The lowest BCUT2D eigenvalue weighted by Crippen LogP contribution is -2.37. The molecule has 0 saturated heterocycles. The number of hydrogen-bond acceptors (Lipinski definition) is 5. The molecule has 0 heterocycles. The van der Waals surface area contributed by atoms with Gasteiger partial charge >= 0.3 is 11.9 Å². The summed E-state index contributed by atoms with van der Waals surface area (Å²) in [5.41, 5.74) is 2.07. The normalized spacial score (nSPS) is 12.4. The lowest BCUT2D eigenvalue weighted by molar-refractivity contribution is -0.157. The van der Waals surface area contributed by atoms with Crippen molar-refractivity contribution in [3.63, 3.8) is 0 Å². The maximum Gasteiger partial charge on any atom is 0.303 e. The van der Waals surface area contributed by atoms with E-state index in [1.54, 1.807) is 12.1 Å². The zero-order chi connectivity index (χ0) is 24.5. The number of aliphatic imine (C=N–C) groups is 1. The predicted molar refractivity (Wildman–Crippen MR) is 125 cm³/mol. The number of rotatable bonds is 9. The number of ether oxygens (including phenoxy) is 2. The quantitative estimate of drug-likeness (QED) is 0.333. The van der Waals surface area contributed by atoms with Gasteiger partial charge in [-0.05, 0) is 36.2 Å². The van der Waals surface area contributed by atoms with E-state index in [1.807, 2.05) is 30.3 Å². The van der Waals surface area contributed by atoms with Crippen molar-refractivity contribution in [2.24, 2.45) is 4.99 Å². The highest BCUT2D eigenvalue weighted by Gasteiger charge is 2.27. The molecule has 0 fully saturated rings. The third-order valence-corrected chi connectivity index (χ3v) is 4.98. The monoisotopic (exact) mass is 465 g/mol. The van der Waals surface area contributed by atoms with Crippen molar-refractivity contribution < 1.29 is 27.8 Å². The van der Waals surface area contributed by atoms with Crippen molar-refractivity contribution in [1.82, 2.24) is 0 Å².